The molecule has 6 heteroatoms. The normalized spacial score (nSPS) is 49.3. The van der Waals surface area contributed by atoms with Gasteiger partial charge in [0.15, 0.2) is 0 Å². The lowest BCUT2D eigenvalue weighted by Gasteiger charge is -2.60. The zero-order valence-electron chi connectivity index (χ0n) is 25.7. The number of rotatable bonds is 3. The number of carbonyl (C=O) groups is 1. The van der Waals surface area contributed by atoms with Gasteiger partial charge in [0.05, 0.1) is 16.6 Å². The summed E-state index contributed by atoms with van der Waals surface area (Å²) in [5, 5.41) is 0. The molecule has 1 spiro atoms. The molecular weight excluding hydrogens is 532 g/mol. The first kappa shape index (κ1) is 28.5. The Morgan fingerprint density at radius 3 is 2.41 bits per heavy atom. The lowest BCUT2D eigenvalue weighted by molar-refractivity contribution is -0.167. The fraction of sp³-hybridized carbons (Fsp3) is 0.800. The van der Waals surface area contributed by atoms with E-state index in [1.807, 2.05) is 19.1 Å². The molecule has 5 saturated carbocycles. The lowest BCUT2D eigenvalue weighted by atomic mass is 9.44. The Kier molecular flexibility index (Phi) is 6.70. The molecule has 5 aliphatic carbocycles. The molecule has 0 N–H and O–H groups in total. The molecule has 0 bridgehead atoms. The van der Waals surface area contributed by atoms with Gasteiger partial charge in [0, 0.05) is 18.4 Å². The van der Waals surface area contributed by atoms with Crippen LogP contribution in [0.3, 0.4) is 0 Å². The minimum atomic E-state index is -3.78. The second-order valence-electron chi connectivity index (χ2n) is 15.9. The number of ketones is 1. The maximum absolute atomic E-state index is 14.4. The summed E-state index contributed by atoms with van der Waals surface area (Å²) in [6.07, 6.45) is 9.95. The van der Waals surface area contributed by atoms with Crippen LogP contribution in [-0.4, -0.2) is 32.5 Å². The summed E-state index contributed by atoms with van der Waals surface area (Å²) in [6.45, 7) is 12.3. The average Bonchev–Trinajstić information content (AvgIpc) is 3.38. The minimum absolute atomic E-state index is 0.00606. The number of aryl methyl sites for hydroxylation is 1. The Morgan fingerprint density at radius 2 is 1.71 bits per heavy atom. The topological polar surface area (TPSA) is 69.7 Å². The van der Waals surface area contributed by atoms with Gasteiger partial charge < -0.3 is 4.74 Å². The fourth-order valence-corrected chi connectivity index (χ4v) is 12.9. The number of carbonyl (C=O) groups excluding carboxylic acids is 1. The maximum atomic E-state index is 14.4. The predicted molar refractivity (Wildman–Crippen MR) is 159 cm³/mol. The Morgan fingerprint density at radius 1 is 0.951 bits per heavy atom. The van der Waals surface area contributed by atoms with Crippen molar-refractivity contribution < 1.29 is 22.1 Å². The number of hydrogen-bond acceptors (Lipinski definition) is 5. The minimum Gasteiger partial charge on any atom is -0.374 e. The molecule has 41 heavy (non-hydrogen) atoms. The first-order valence-electron chi connectivity index (χ1n) is 16.5. The first-order valence-corrected chi connectivity index (χ1v) is 18.0. The molecule has 226 valence electrons. The van der Waals surface area contributed by atoms with Gasteiger partial charge in [-0.25, -0.2) is 0 Å². The summed E-state index contributed by atoms with van der Waals surface area (Å²) in [6, 6.07) is 6.94. The van der Waals surface area contributed by atoms with E-state index in [-0.39, 0.29) is 27.4 Å². The number of benzene rings is 1. The standard InChI is InChI=1S/C35H50O5S/c1-21-6-9-27(10-7-21)41(37,38)40-26-13-14-33(4)25(17-26)8-11-28-29(33)18-31(36)34(5)30(28)16-24-19-35(23(3)32(24)34)15-12-22(2)20-39-35/h6-7,9-10,22-26,28-30,32H,8,11-20H2,1-5H3/t22-,23+,24-,25-,26-,28-,29+,30+,32+,33-,34+,35-/m0/s1. The van der Waals surface area contributed by atoms with E-state index < -0.39 is 10.1 Å². The summed E-state index contributed by atoms with van der Waals surface area (Å²) in [7, 11) is -3.78. The van der Waals surface area contributed by atoms with Crippen LogP contribution in [0.1, 0.15) is 97.5 Å². The van der Waals surface area contributed by atoms with Gasteiger partial charge in [-0.05, 0) is 130 Å². The van der Waals surface area contributed by atoms with Crippen molar-refractivity contribution in [3.63, 3.8) is 0 Å². The van der Waals surface area contributed by atoms with E-state index in [0.29, 0.717) is 59.5 Å². The van der Waals surface area contributed by atoms with Crippen LogP contribution >= 0.6 is 0 Å². The SMILES string of the molecule is Cc1ccc(S(=O)(=O)O[C@H]2CC[C@@]3(C)[C@@H](CC[C@H]4[C@H]3CC(=O)[C@]3(C)[C@H]5[C@@H](C[C@H]43)C[C@@]3(CC[C@H](C)CO3)[C@@H]5C)C2)cc1. The molecule has 1 aliphatic heterocycles. The Hall–Kier alpha value is -1.24. The van der Waals surface area contributed by atoms with Crippen molar-refractivity contribution in [2.24, 2.45) is 58.2 Å². The molecule has 7 rings (SSSR count). The molecule has 5 nitrogen and oxygen atoms in total. The predicted octanol–water partition coefficient (Wildman–Crippen LogP) is 7.36. The Balaban J connectivity index is 1.08. The molecular formula is C35H50O5S. The van der Waals surface area contributed by atoms with Crippen molar-refractivity contribution in [1.82, 2.24) is 0 Å². The summed E-state index contributed by atoms with van der Waals surface area (Å²) >= 11 is 0. The van der Waals surface area contributed by atoms with Gasteiger partial charge in [-0.15, -0.1) is 0 Å². The van der Waals surface area contributed by atoms with E-state index in [2.05, 4.69) is 27.7 Å². The van der Waals surface area contributed by atoms with Gasteiger partial charge >= 0.3 is 0 Å². The molecule has 1 saturated heterocycles. The van der Waals surface area contributed by atoms with Crippen molar-refractivity contribution in [2.45, 2.75) is 115 Å². The van der Waals surface area contributed by atoms with Crippen molar-refractivity contribution in [2.75, 3.05) is 6.61 Å². The van der Waals surface area contributed by atoms with Gasteiger partial charge in [-0.1, -0.05) is 45.4 Å². The van der Waals surface area contributed by atoms with E-state index in [4.69, 9.17) is 8.92 Å². The molecule has 0 unspecified atom stereocenters. The summed E-state index contributed by atoms with van der Waals surface area (Å²) in [4.78, 5) is 14.6. The molecule has 0 amide bonds. The summed E-state index contributed by atoms with van der Waals surface area (Å²) in [5.41, 5.74) is 0.894. The number of hydrogen-bond donors (Lipinski definition) is 0. The fourth-order valence-electron chi connectivity index (χ4n) is 11.7. The highest BCUT2D eigenvalue weighted by Gasteiger charge is 2.70. The van der Waals surface area contributed by atoms with Crippen LogP contribution < -0.4 is 0 Å². The van der Waals surface area contributed by atoms with E-state index in [1.165, 1.54) is 19.3 Å². The molecule has 1 heterocycles. The van der Waals surface area contributed by atoms with Gasteiger partial charge in [0.25, 0.3) is 10.1 Å². The summed E-state index contributed by atoms with van der Waals surface area (Å²) < 4.78 is 38.6. The third-order valence-corrected chi connectivity index (χ3v) is 15.4. The van der Waals surface area contributed by atoms with E-state index in [1.54, 1.807) is 12.1 Å². The highest BCUT2D eigenvalue weighted by Crippen LogP contribution is 2.72. The van der Waals surface area contributed by atoms with Crippen LogP contribution in [0.5, 0.6) is 0 Å². The van der Waals surface area contributed by atoms with Crippen LogP contribution in [0, 0.1) is 65.1 Å². The molecule has 1 aromatic rings. The van der Waals surface area contributed by atoms with Crippen LogP contribution in [0.2, 0.25) is 0 Å². The third-order valence-electron chi connectivity index (χ3n) is 14.0. The lowest BCUT2D eigenvalue weighted by Crippen LogP contribution is -2.58. The maximum Gasteiger partial charge on any atom is 0.297 e. The van der Waals surface area contributed by atoms with Crippen molar-refractivity contribution in [3.8, 4) is 0 Å². The molecule has 6 aliphatic rings. The average molecular weight is 583 g/mol. The number of Topliss-reactive ketones (excluding diaryl/α,β-unsaturated/α-hetero) is 1. The largest absolute Gasteiger partial charge is 0.374 e. The molecule has 0 aromatic heterocycles. The van der Waals surface area contributed by atoms with E-state index >= 15 is 0 Å². The first-order chi connectivity index (χ1) is 19.4. The zero-order valence-corrected chi connectivity index (χ0v) is 26.5. The van der Waals surface area contributed by atoms with Crippen molar-refractivity contribution >= 4 is 15.9 Å². The third kappa shape index (κ3) is 4.19. The van der Waals surface area contributed by atoms with Crippen LogP contribution in [0.4, 0.5) is 0 Å². The Labute approximate surface area is 247 Å². The molecule has 12 atom stereocenters. The molecule has 1 aromatic carbocycles. The zero-order chi connectivity index (χ0) is 28.9. The summed E-state index contributed by atoms with van der Waals surface area (Å²) in [5.74, 6) is 4.59. The molecule has 6 fully saturated rings. The highest BCUT2D eigenvalue weighted by molar-refractivity contribution is 7.86. The van der Waals surface area contributed by atoms with Gasteiger partial charge in [0.2, 0.25) is 0 Å². The highest BCUT2D eigenvalue weighted by atomic mass is 32.2. The Bertz CT molecular complexity index is 1300. The van der Waals surface area contributed by atoms with Gasteiger partial charge in [0.1, 0.15) is 5.78 Å². The van der Waals surface area contributed by atoms with Crippen LogP contribution in [0.15, 0.2) is 29.2 Å². The van der Waals surface area contributed by atoms with Gasteiger partial charge in [-0.2, -0.15) is 8.42 Å². The molecule has 0 radical (unpaired) electrons. The second kappa shape index (κ2) is 9.63. The van der Waals surface area contributed by atoms with E-state index in [9.17, 15) is 13.2 Å². The van der Waals surface area contributed by atoms with Crippen molar-refractivity contribution in [3.05, 3.63) is 29.8 Å². The van der Waals surface area contributed by atoms with Crippen LogP contribution in [0.25, 0.3) is 0 Å². The van der Waals surface area contributed by atoms with Gasteiger partial charge in [-0.3, -0.25) is 8.98 Å². The smallest absolute Gasteiger partial charge is 0.297 e. The quantitative estimate of drug-likeness (QED) is 0.348. The number of fused-ring (bicyclic) bond motifs is 7. The van der Waals surface area contributed by atoms with Crippen LogP contribution in [-0.2, 0) is 23.8 Å². The van der Waals surface area contributed by atoms with Crippen molar-refractivity contribution in [1.29, 1.82) is 0 Å². The second-order valence-corrected chi connectivity index (χ2v) is 17.4. The van der Waals surface area contributed by atoms with E-state index in [0.717, 1.165) is 50.7 Å². The monoisotopic (exact) mass is 582 g/mol. The number of ether oxygens (including phenoxy) is 1.